The molecular weight excluding hydrogens is 338 g/mol. The molecular formula is C22H23N3O2. The molecule has 27 heavy (non-hydrogen) atoms. The number of aryl methyl sites for hydroxylation is 2. The van der Waals surface area contributed by atoms with Gasteiger partial charge in [0.1, 0.15) is 11.4 Å². The van der Waals surface area contributed by atoms with Gasteiger partial charge in [0.2, 0.25) is 0 Å². The smallest absolute Gasteiger partial charge is 0.269 e. The molecule has 4 rings (SSSR count). The molecule has 5 nitrogen and oxygen atoms in total. The molecule has 0 radical (unpaired) electrons. The van der Waals surface area contributed by atoms with E-state index in [0.29, 0.717) is 12.2 Å². The molecule has 0 saturated heterocycles. The average Bonchev–Trinajstić information content (AvgIpc) is 3.16. The zero-order valence-electron chi connectivity index (χ0n) is 15.4. The van der Waals surface area contributed by atoms with E-state index in [-0.39, 0.29) is 5.91 Å². The average molecular weight is 361 g/mol. The summed E-state index contributed by atoms with van der Waals surface area (Å²) in [5.74, 6) is 0.776. The van der Waals surface area contributed by atoms with Crippen molar-refractivity contribution >= 4 is 5.91 Å². The van der Waals surface area contributed by atoms with Crippen LogP contribution in [-0.4, -0.2) is 29.8 Å². The number of carbonyl (C=O) groups is 1. The van der Waals surface area contributed by atoms with Gasteiger partial charge in [0.25, 0.3) is 5.91 Å². The number of H-pyrrole nitrogens is 1. The minimum absolute atomic E-state index is 0.0752. The van der Waals surface area contributed by atoms with Crippen LogP contribution < -0.4 is 10.1 Å². The number of aromatic amines is 1. The van der Waals surface area contributed by atoms with Crippen LogP contribution in [0.1, 0.15) is 33.6 Å². The van der Waals surface area contributed by atoms with Crippen LogP contribution in [0.3, 0.4) is 0 Å². The highest BCUT2D eigenvalue weighted by molar-refractivity contribution is 5.96. The molecule has 0 saturated carbocycles. The van der Waals surface area contributed by atoms with Crippen LogP contribution in [0.4, 0.5) is 0 Å². The number of nitrogens with one attached hydrogen (secondary N) is 2. The molecule has 0 fully saturated rings. The third kappa shape index (κ3) is 3.58. The van der Waals surface area contributed by atoms with Gasteiger partial charge in [0, 0.05) is 17.7 Å². The zero-order chi connectivity index (χ0) is 18.6. The van der Waals surface area contributed by atoms with Gasteiger partial charge >= 0.3 is 0 Å². The lowest BCUT2D eigenvalue weighted by atomic mass is 9.89. The van der Waals surface area contributed by atoms with Crippen LogP contribution in [0.15, 0.2) is 48.5 Å². The second kappa shape index (κ2) is 7.66. The van der Waals surface area contributed by atoms with E-state index in [1.165, 1.54) is 11.1 Å². The van der Waals surface area contributed by atoms with Crippen LogP contribution in [0.25, 0.3) is 11.3 Å². The van der Waals surface area contributed by atoms with E-state index >= 15 is 0 Å². The minimum atomic E-state index is -0.0752. The van der Waals surface area contributed by atoms with Gasteiger partial charge in [-0.1, -0.05) is 30.3 Å². The molecule has 0 atom stereocenters. The standard InChI is InChI=1S/C22H23N3O2/c1-27-17-10-12-18-16(14-17)9-11-19-20(18)24-25-21(19)22(26)23-13-5-8-15-6-3-2-4-7-15/h2-4,6-7,10,12,14H,5,8-9,11,13H2,1H3,(H,23,26)(H,24,25). The second-order valence-electron chi connectivity index (χ2n) is 6.79. The van der Waals surface area contributed by atoms with Crippen molar-refractivity contribution in [2.24, 2.45) is 0 Å². The van der Waals surface area contributed by atoms with E-state index in [9.17, 15) is 4.79 Å². The Morgan fingerprint density at radius 1 is 1.19 bits per heavy atom. The Morgan fingerprint density at radius 2 is 2.04 bits per heavy atom. The van der Waals surface area contributed by atoms with Crippen LogP contribution in [0, 0.1) is 0 Å². The number of hydrogen-bond donors (Lipinski definition) is 2. The fourth-order valence-corrected chi connectivity index (χ4v) is 3.64. The molecule has 1 amide bonds. The fraction of sp³-hybridized carbons (Fsp3) is 0.273. The maximum Gasteiger partial charge on any atom is 0.269 e. The molecule has 5 heteroatoms. The van der Waals surface area contributed by atoms with Crippen molar-refractivity contribution in [3.63, 3.8) is 0 Å². The molecule has 0 bridgehead atoms. The highest BCUT2D eigenvalue weighted by Gasteiger charge is 2.25. The first-order valence-electron chi connectivity index (χ1n) is 9.33. The Kier molecular flexibility index (Phi) is 4.92. The molecule has 1 aromatic heterocycles. The SMILES string of the molecule is COc1ccc2c(c1)CCc1c-2n[nH]c1C(=O)NCCCc1ccccc1. The summed E-state index contributed by atoms with van der Waals surface area (Å²) in [7, 11) is 1.67. The Hall–Kier alpha value is -3.08. The van der Waals surface area contributed by atoms with Crippen molar-refractivity contribution in [3.8, 4) is 17.0 Å². The quantitative estimate of drug-likeness (QED) is 0.660. The molecule has 138 valence electrons. The predicted molar refractivity (Wildman–Crippen MR) is 105 cm³/mol. The molecule has 0 unspecified atom stereocenters. The summed E-state index contributed by atoms with van der Waals surface area (Å²) >= 11 is 0. The summed E-state index contributed by atoms with van der Waals surface area (Å²) < 4.78 is 5.31. The molecule has 1 aliphatic rings. The van der Waals surface area contributed by atoms with Gasteiger partial charge in [0.15, 0.2) is 0 Å². The van der Waals surface area contributed by atoms with Gasteiger partial charge in [0.05, 0.1) is 12.8 Å². The van der Waals surface area contributed by atoms with E-state index < -0.39 is 0 Å². The maximum atomic E-state index is 12.6. The van der Waals surface area contributed by atoms with Crippen molar-refractivity contribution < 1.29 is 9.53 Å². The Morgan fingerprint density at radius 3 is 2.85 bits per heavy atom. The molecule has 2 aromatic carbocycles. The van der Waals surface area contributed by atoms with Crippen LogP contribution in [-0.2, 0) is 19.3 Å². The number of ether oxygens (including phenoxy) is 1. The summed E-state index contributed by atoms with van der Waals surface area (Å²) in [6.07, 6.45) is 3.55. The largest absolute Gasteiger partial charge is 0.497 e. The third-order valence-corrected chi connectivity index (χ3v) is 5.08. The second-order valence-corrected chi connectivity index (χ2v) is 6.79. The molecule has 2 N–H and O–H groups in total. The molecule has 3 aromatic rings. The Bertz CT molecular complexity index is 947. The Labute approximate surface area is 158 Å². The van der Waals surface area contributed by atoms with Gasteiger partial charge < -0.3 is 10.1 Å². The lowest BCUT2D eigenvalue weighted by Gasteiger charge is -2.17. The number of hydrogen-bond acceptors (Lipinski definition) is 3. The first-order chi connectivity index (χ1) is 13.3. The normalized spacial score (nSPS) is 12.2. The van der Waals surface area contributed by atoms with Crippen molar-refractivity contribution in [1.82, 2.24) is 15.5 Å². The van der Waals surface area contributed by atoms with Gasteiger partial charge in [-0.15, -0.1) is 0 Å². The summed E-state index contributed by atoms with van der Waals surface area (Å²) in [6.45, 7) is 0.648. The zero-order valence-corrected chi connectivity index (χ0v) is 15.4. The van der Waals surface area contributed by atoms with Crippen molar-refractivity contribution in [3.05, 3.63) is 70.9 Å². The van der Waals surface area contributed by atoms with Gasteiger partial charge in [-0.3, -0.25) is 9.89 Å². The monoisotopic (exact) mass is 361 g/mol. The number of benzene rings is 2. The molecule has 1 aliphatic carbocycles. The number of methoxy groups -OCH3 is 1. The summed E-state index contributed by atoms with van der Waals surface area (Å²) in [6, 6.07) is 16.3. The van der Waals surface area contributed by atoms with Crippen LogP contribution >= 0.6 is 0 Å². The molecule has 0 spiro atoms. The highest BCUT2D eigenvalue weighted by atomic mass is 16.5. The van der Waals surface area contributed by atoms with Gasteiger partial charge in [-0.25, -0.2) is 0 Å². The lowest BCUT2D eigenvalue weighted by molar-refractivity contribution is 0.0947. The number of nitrogens with zero attached hydrogens (tertiary/aromatic N) is 1. The third-order valence-electron chi connectivity index (χ3n) is 5.08. The number of aromatic nitrogens is 2. The topological polar surface area (TPSA) is 67.0 Å². The van der Waals surface area contributed by atoms with Crippen molar-refractivity contribution in [1.29, 1.82) is 0 Å². The van der Waals surface area contributed by atoms with Crippen molar-refractivity contribution in [2.75, 3.05) is 13.7 Å². The number of carbonyl (C=O) groups excluding carboxylic acids is 1. The van der Waals surface area contributed by atoms with Gasteiger partial charge in [-0.2, -0.15) is 5.10 Å². The fourth-order valence-electron chi connectivity index (χ4n) is 3.64. The lowest BCUT2D eigenvalue weighted by Crippen LogP contribution is -2.26. The Balaban J connectivity index is 1.42. The summed E-state index contributed by atoms with van der Waals surface area (Å²) in [4.78, 5) is 12.6. The van der Waals surface area contributed by atoms with Gasteiger partial charge in [-0.05, 0) is 55.0 Å². The number of amides is 1. The first kappa shape index (κ1) is 17.3. The number of rotatable bonds is 6. The van der Waals surface area contributed by atoms with E-state index in [0.717, 1.165) is 48.3 Å². The minimum Gasteiger partial charge on any atom is -0.497 e. The first-order valence-corrected chi connectivity index (χ1v) is 9.33. The highest BCUT2D eigenvalue weighted by Crippen LogP contribution is 2.35. The van der Waals surface area contributed by atoms with Crippen LogP contribution in [0.5, 0.6) is 5.75 Å². The number of fused-ring (bicyclic) bond motifs is 3. The summed E-state index contributed by atoms with van der Waals surface area (Å²) in [5.41, 5.74) is 6.06. The van der Waals surface area contributed by atoms with Crippen molar-refractivity contribution in [2.45, 2.75) is 25.7 Å². The van der Waals surface area contributed by atoms with E-state index in [1.807, 2.05) is 30.3 Å². The van der Waals surface area contributed by atoms with Crippen LogP contribution in [0.2, 0.25) is 0 Å². The predicted octanol–water partition coefficient (Wildman–Crippen LogP) is 3.55. The van der Waals surface area contributed by atoms with E-state index in [1.54, 1.807) is 7.11 Å². The summed E-state index contributed by atoms with van der Waals surface area (Å²) in [5, 5.41) is 10.4. The van der Waals surface area contributed by atoms with E-state index in [2.05, 4.69) is 33.7 Å². The maximum absolute atomic E-state index is 12.6. The molecule has 1 heterocycles. The molecule has 0 aliphatic heterocycles. The van der Waals surface area contributed by atoms with E-state index in [4.69, 9.17) is 4.74 Å².